The zero-order chi connectivity index (χ0) is 15.6. The standard InChI is InChI=1S/C13H18ClFN2O3S/c1-20-11-4-2-3-10(11)17-21(18,19)12-6-9(14)5-8(7-16)13(12)15/h5-6,10-11,17H,2-4,7,16H2,1H3. The normalized spacial score (nSPS) is 22.7. The zero-order valence-electron chi connectivity index (χ0n) is 11.6. The van der Waals surface area contributed by atoms with Crippen LogP contribution in [-0.4, -0.2) is 27.7 Å². The summed E-state index contributed by atoms with van der Waals surface area (Å²) in [6, 6.07) is 2.05. The second-order valence-electron chi connectivity index (χ2n) is 5.01. The average molecular weight is 337 g/mol. The Kier molecular flexibility index (Phi) is 5.21. The number of hydrogen-bond donors (Lipinski definition) is 2. The Morgan fingerprint density at radius 2 is 2.19 bits per heavy atom. The van der Waals surface area contributed by atoms with Gasteiger partial charge in [0.05, 0.1) is 6.10 Å². The van der Waals surface area contributed by atoms with E-state index in [0.717, 1.165) is 18.9 Å². The molecule has 0 amide bonds. The molecule has 2 rings (SSSR count). The first-order valence-electron chi connectivity index (χ1n) is 6.62. The molecular formula is C13H18ClFN2O3S. The van der Waals surface area contributed by atoms with E-state index in [9.17, 15) is 12.8 Å². The van der Waals surface area contributed by atoms with E-state index < -0.39 is 20.7 Å². The van der Waals surface area contributed by atoms with Gasteiger partial charge in [-0.2, -0.15) is 0 Å². The second kappa shape index (κ2) is 6.58. The van der Waals surface area contributed by atoms with Crippen LogP contribution in [0.1, 0.15) is 24.8 Å². The SMILES string of the molecule is COC1CCCC1NS(=O)(=O)c1cc(Cl)cc(CN)c1F. The number of ether oxygens (including phenoxy) is 1. The van der Waals surface area contributed by atoms with Gasteiger partial charge < -0.3 is 10.5 Å². The number of sulfonamides is 1. The minimum absolute atomic E-state index is 0.0672. The van der Waals surface area contributed by atoms with Crippen molar-refractivity contribution in [3.05, 3.63) is 28.5 Å². The van der Waals surface area contributed by atoms with Gasteiger partial charge in [0.2, 0.25) is 10.0 Å². The monoisotopic (exact) mass is 336 g/mol. The lowest BCUT2D eigenvalue weighted by Gasteiger charge is -2.20. The van der Waals surface area contributed by atoms with Crippen LogP contribution in [0.15, 0.2) is 17.0 Å². The molecule has 0 spiro atoms. The van der Waals surface area contributed by atoms with E-state index >= 15 is 0 Å². The summed E-state index contributed by atoms with van der Waals surface area (Å²) in [6.07, 6.45) is 2.09. The molecule has 3 N–H and O–H groups in total. The van der Waals surface area contributed by atoms with Crippen molar-refractivity contribution in [3.63, 3.8) is 0 Å². The summed E-state index contributed by atoms with van der Waals surface area (Å²) in [5.74, 6) is -0.860. The van der Waals surface area contributed by atoms with Crippen molar-refractivity contribution >= 4 is 21.6 Å². The lowest BCUT2D eigenvalue weighted by atomic mass is 10.2. The lowest BCUT2D eigenvalue weighted by molar-refractivity contribution is 0.0916. The largest absolute Gasteiger partial charge is 0.380 e. The third-order valence-corrected chi connectivity index (χ3v) is 5.36. The molecule has 2 unspecified atom stereocenters. The summed E-state index contributed by atoms with van der Waals surface area (Å²) >= 11 is 5.84. The molecule has 118 valence electrons. The van der Waals surface area contributed by atoms with Gasteiger partial charge >= 0.3 is 0 Å². The number of benzene rings is 1. The van der Waals surface area contributed by atoms with Crippen LogP contribution in [0.3, 0.4) is 0 Å². The van der Waals surface area contributed by atoms with E-state index in [1.165, 1.54) is 13.2 Å². The predicted octanol–water partition coefficient (Wildman–Crippen LogP) is 1.78. The minimum Gasteiger partial charge on any atom is -0.380 e. The van der Waals surface area contributed by atoms with Crippen LogP contribution >= 0.6 is 11.6 Å². The molecule has 0 saturated heterocycles. The average Bonchev–Trinajstić information content (AvgIpc) is 2.87. The summed E-state index contributed by atoms with van der Waals surface area (Å²) in [7, 11) is -2.49. The molecule has 1 aromatic rings. The molecule has 5 nitrogen and oxygen atoms in total. The van der Waals surface area contributed by atoms with Crippen molar-refractivity contribution in [2.45, 2.75) is 42.8 Å². The number of rotatable bonds is 5. The highest BCUT2D eigenvalue weighted by Gasteiger charge is 2.32. The zero-order valence-corrected chi connectivity index (χ0v) is 13.2. The fourth-order valence-electron chi connectivity index (χ4n) is 2.57. The van der Waals surface area contributed by atoms with Gasteiger partial charge in [-0.25, -0.2) is 17.5 Å². The Hall–Kier alpha value is -0.730. The third kappa shape index (κ3) is 3.54. The second-order valence-corrected chi connectivity index (χ2v) is 7.13. The molecule has 0 aromatic heterocycles. The molecule has 1 aromatic carbocycles. The minimum atomic E-state index is -4.02. The maximum Gasteiger partial charge on any atom is 0.243 e. The number of nitrogens with two attached hydrogens (primary N) is 1. The van der Waals surface area contributed by atoms with E-state index in [4.69, 9.17) is 22.1 Å². The fourth-order valence-corrected chi connectivity index (χ4v) is 4.32. The van der Waals surface area contributed by atoms with Crippen molar-refractivity contribution in [2.24, 2.45) is 5.73 Å². The molecule has 0 aliphatic heterocycles. The molecule has 1 aliphatic carbocycles. The first kappa shape index (κ1) is 16.6. The molecule has 21 heavy (non-hydrogen) atoms. The van der Waals surface area contributed by atoms with Gasteiger partial charge in [0.1, 0.15) is 10.7 Å². The highest BCUT2D eigenvalue weighted by Crippen LogP contribution is 2.27. The highest BCUT2D eigenvalue weighted by atomic mass is 35.5. The van der Waals surface area contributed by atoms with Crippen molar-refractivity contribution in [1.29, 1.82) is 0 Å². The Labute approximate surface area is 128 Å². The Morgan fingerprint density at radius 1 is 1.48 bits per heavy atom. The van der Waals surface area contributed by atoms with Gasteiger partial charge in [0.15, 0.2) is 0 Å². The van der Waals surface area contributed by atoms with Gasteiger partial charge in [-0.05, 0) is 31.4 Å². The number of hydrogen-bond acceptors (Lipinski definition) is 4. The van der Waals surface area contributed by atoms with Crippen LogP contribution in [0, 0.1) is 5.82 Å². The van der Waals surface area contributed by atoms with E-state index in [0.29, 0.717) is 6.42 Å². The Morgan fingerprint density at radius 3 is 2.81 bits per heavy atom. The maximum absolute atomic E-state index is 14.2. The van der Waals surface area contributed by atoms with Crippen LogP contribution in [0.4, 0.5) is 4.39 Å². The predicted molar refractivity (Wildman–Crippen MR) is 78.1 cm³/mol. The lowest BCUT2D eigenvalue weighted by Crippen LogP contribution is -2.41. The summed E-state index contributed by atoms with van der Waals surface area (Å²) < 4.78 is 46.7. The van der Waals surface area contributed by atoms with Crippen LogP contribution in [0.2, 0.25) is 5.02 Å². The fraction of sp³-hybridized carbons (Fsp3) is 0.538. The highest BCUT2D eigenvalue weighted by molar-refractivity contribution is 7.89. The molecule has 1 fully saturated rings. The Bertz CT molecular complexity index is 624. The van der Waals surface area contributed by atoms with Crippen LogP contribution in [0.5, 0.6) is 0 Å². The first-order chi connectivity index (χ1) is 9.89. The maximum atomic E-state index is 14.2. The van der Waals surface area contributed by atoms with Crippen LogP contribution < -0.4 is 10.5 Å². The van der Waals surface area contributed by atoms with Crippen LogP contribution in [0.25, 0.3) is 0 Å². The molecular weight excluding hydrogens is 319 g/mol. The van der Waals surface area contributed by atoms with Gasteiger partial charge in [-0.1, -0.05) is 11.6 Å². The van der Waals surface area contributed by atoms with Crippen molar-refractivity contribution in [1.82, 2.24) is 4.72 Å². The molecule has 8 heteroatoms. The topological polar surface area (TPSA) is 81.4 Å². The first-order valence-corrected chi connectivity index (χ1v) is 8.48. The number of methoxy groups -OCH3 is 1. The molecule has 2 atom stereocenters. The molecule has 1 aliphatic rings. The van der Waals surface area contributed by atoms with Gasteiger partial charge in [0, 0.05) is 30.3 Å². The number of halogens is 2. The molecule has 0 heterocycles. The van der Waals surface area contributed by atoms with E-state index in [2.05, 4.69) is 4.72 Å². The molecule has 1 saturated carbocycles. The van der Waals surface area contributed by atoms with Gasteiger partial charge in [-0.15, -0.1) is 0 Å². The van der Waals surface area contributed by atoms with Crippen LogP contribution in [-0.2, 0) is 21.3 Å². The molecule has 0 radical (unpaired) electrons. The summed E-state index contributed by atoms with van der Waals surface area (Å²) in [4.78, 5) is -0.475. The number of nitrogens with one attached hydrogen (secondary N) is 1. The van der Waals surface area contributed by atoms with Crippen molar-refractivity contribution in [3.8, 4) is 0 Å². The molecule has 0 bridgehead atoms. The van der Waals surface area contributed by atoms with E-state index in [1.54, 1.807) is 0 Å². The Balaban J connectivity index is 2.34. The summed E-state index contributed by atoms with van der Waals surface area (Å²) in [6.45, 7) is -0.126. The summed E-state index contributed by atoms with van der Waals surface area (Å²) in [5.41, 5.74) is 5.47. The quantitative estimate of drug-likeness (QED) is 0.858. The third-order valence-electron chi connectivity index (χ3n) is 3.65. The van der Waals surface area contributed by atoms with Gasteiger partial charge in [-0.3, -0.25) is 0 Å². The van der Waals surface area contributed by atoms with Crippen molar-refractivity contribution in [2.75, 3.05) is 7.11 Å². The van der Waals surface area contributed by atoms with E-state index in [-0.39, 0.29) is 29.3 Å². The smallest absolute Gasteiger partial charge is 0.243 e. The summed E-state index contributed by atoms with van der Waals surface area (Å²) in [5, 5.41) is 0.131. The van der Waals surface area contributed by atoms with E-state index in [1.807, 2.05) is 0 Å². The van der Waals surface area contributed by atoms with Gasteiger partial charge in [0.25, 0.3) is 0 Å². The van der Waals surface area contributed by atoms with Crippen molar-refractivity contribution < 1.29 is 17.5 Å².